The van der Waals surface area contributed by atoms with Gasteiger partial charge in [0.15, 0.2) is 0 Å². The predicted octanol–water partition coefficient (Wildman–Crippen LogP) is 5.25. The van der Waals surface area contributed by atoms with E-state index in [1.165, 1.54) is 25.3 Å². The number of fused-ring (bicyclic) bond motifs is 2. The van der Waals surface area contributed by atoms with Crippen molar-refractivity contribution in [3.63, 3.8) is 0 Å². The number of nitrogens with one attached hydrogen (secondary N) is 2. The number of amides is 1. The van der Waals surface area contributed by atoms with E-state index in [9.17, 15) is 24.8 Å². The summed E-state index contributed by atoms with van der Waals surface area (Å²) >= 11 is 12.9. The Hall–Kier alpha value is -3.54. The van der Waals surface area contributed by atoms with Crippen molar-refractivity contribution in [2.45, 2.75) is 49.3 Å². The van der Waals surface area contributed by atoms with E-state index in [1.54, 1.807) is 18.2 Å². The number of aliphatic hydroxyl groups is 1. The molecule has 230 valence electrons. The SMILES string of the molecule is COC(=O)c1ccc(CN[C@@H]2[C@H](CO)N(CCC3CC3)[C@@]3(C(=O)Nc4cc(Cl)ccc43)[C@H]2c2cccc(Cl)c2)c([N+](=O)[O-])c1. The molecular weight excluding hydrogens is 607 g/mol. The molecule has 0 radical (unpaired) electrons. The monoisotopic (exact) mass is 638 g/mol. The number of methoxy groups -OCH3 is 1. The van der Waals surface area contributed by atoms with Gasteiger partial charge in [-0.3, -0.25) is 19.8 Å². The largest absolute Gasteiger partial charge is 0.465 e. The topological polar surface area (TPSA) is 134 Å². The van der Waals surface area contributed by atoms with Crippen molar-refractivity contribution in [1.29, 1.82) is 0 Å². The van der Waals surface area contributed by atoms with Gasteiger partial charge in [-0.05, 0) is 48.2 Å². The number of anilines is 1. The Morgan fingerprint density at radius 2 is 1.93 bits per heavy atom. The van der Waals surface area contributed by atoms with Crippen molar-refractivity contribution < 1.29 is 24.4 Å². The fraction of sp³-hybridized carbons (Fsp3) is 0.375. The minimum Gasteiger partial charge on any atom is -0.465 e. The first-order valence-electron chi connectivity index (χ1n) is 14.5. The summed E-state index contributed by atoms with van der Waals surface area (Å²) < 4.78 is 4.74. The molecule has 10 nitrogen and oxygen atoms in total. The molecule has 0 bridgehead atoms. The number of carbonyl (C=O) groups excluding carboxylic acids is 2. The highest BCUT2D eigenvalue weighted by molar-refractivity contribution is 6.31. The van der Waals surface area contributed by atoms with Crippen LogP contribution in [-0.2, 0) is 21.6 Å². The number of likely N-dealkylation sites (tertiary alicyclic amines) is 1. The summed E-state index contributed by atoms with van der Waals surface area (Å²) in [6, 6.07) is 15.8. The summed E-state index contributed by atoms with van der Waals surface area (Å²) in [6.07, 6.45) is 3.13. The molecule has 2 fully saturated rings. The van der Waals surface area contributed by atoms with E-state index < -0.39 is 34.4 Å². The standard InChI is InChI=1S/C32H32Cl2N4O6/c1-44-30(40)20-7-8-21(26(14-20)38(42)43)16-35-29-27(17-39)37(12-11-18-5-6-18)32(28(29)19-3-2-4-22(33)13-19)24-10-9-23(34)15-25(24)36-31(32)41/h2-4,7-10,13-15,18,27-29,35,39H,5-6,11-12,16-17H2,1H3,(H,36,41)/t27-,28-,29+,32+/m0/s1. The van der Waals surface area contributed by atoms with Crippen LogP contribution in [0.3, 0.4) is 0 Å². The summed E-state index contributed by atoms with van der Waals surface area (Å²) in [5.74, 6) is -0.891. The van der Waals surface area contributed by atoms with Crippen LogP contribution in [0.15, 0.2) is 60.7 Å². The molecule has 2 heterocycles. The molecule has 1 spiro atoms. The van der Waals surface area contributed by atoms with Crippen LogP contribution in [-0.4, -0.2) is 59.2 Å². The van der Waals surface area contributed by atoms with Crippen molar-refractivity contribution >= 4 is 46.5 Å². The average molecular weight is 640 g/mol. The van der Waals surface area contributed by atoms with Crippen molar-refractivity contribution in [1.82, 2.24) is 10.2 Å². The predicted molar refractivity (Wildman–Crippen MR) is 166 cm³/mol. The van der Waals surface area contributed by atoms with E-state index in [-0.39, 0.29) is 30.3 Å². The van der Waals surface area contributed by atoms with Crippen molar-refractivity contribution in [3.05, 3.63) is 103 Å². The van der Waals surface area contributed by atoms with Gasteiger partial charge in [0.1, 0.15) is 5.54 Å². The zero-order valence-corrected chi connectivity index (χ0v) is 25.5. The summed E-state index contributed by atoms with van der Waals surface area (Å²) in [5, 5.41) is 30.6. The van der Waals surface area contributed by atoms with Crippen molar-refractivity contribution in [3.8, 4) is 0 Å². The number of aliphatic hydroxyl groups excluding tert-OH is 1. The van der Waals surface area contributed by atoms with Gasteiger partial charge in [0.05, 0.1) is 30.2 Å². The number of ether oxygens (including phenoxy) is 1. The van der Waals surface area contributed by atoms with Gasteiger partial charge in [-0.2, -0.15) is 0 Å². The summed E-state index contributed by atoms with van der Waals surface area (Å²) in [5.41, 5.74) is 1.11. The quantitative estimate of drug-likeness (QED) is 0.156. The van der Waals surface area contributed by atoms with Crippen molar-refractivity contribution in [2.24, 2.45) is 5.92 Å². The zero-order chi connectivity index (χ0) is 31.2. The Bertz CT molecular complexity index is 1630. The first kappa shape index (κ1) is 30.5. The second kappa shape index (κ2) is 12.1. The Balaban J connectivity index is 1.48. The van der Waals surface area contributed by atoms with E-state index in [4.69, 9.17) is 27.9 Å². The van der Waals surface area contributed by atoms with E-state index in [2.05, 4.69) is 15.5 Å². The van der Waals surface area contributed by atoms with E-state index in [0.717, 1.165) is 30.4 Å². The molecule has 4 atom stereocenters. The van der Waals surface area contributed by atoms with Gasteiger partial charge >= 0.3 is 5.97 Å². The third kappa shape index (κ3) is 5.24. The van der Waals surface area contributed by atoms with Crippen LogP contribution in [0.5, 0.6) is 0 Å². The molecule has 1 aliphatic carbocycles. The molecule has 0 unspecified atom stereocenters. The molecular formula is C32H32Cl2N4O6. The number of benzene rings is 3. The summed E-state index contributed by atoms with van der Waals surface area (Å²) in [6.45, 7) is 0.340. The number of nitro groups is 1. The van der Waals surface area contributed by atoms with E-state index >= 15 is 0 Å². The Morgan fingerprint density at radius 1 is 1.16 bits per heavy atom. The minimum absolute atomic E-state index is 0.0393. The zero-order valence-electron chi connectivity index (χ0n) is 24.0. The highest BCUT2D eigenvalue weighted by atomic mass is 35.5. The number of hydrogen-bond donors (Lipinski definition) is 3. The van der Waals surface area contributed by atoms with E-state index in [0.29, 0.717) is 33.8 Å². The number of esters is 1. The summed E-state index contributed by atoms with van der Waals surface area (Å²) in [4.78, 5) is 40.1. The van der Waals surface area contributed by atoms with Gasteiger partial charge in [-0.25, -0.2) is 4.79 Å². The lowest BCUT2D eigenvalue weighted by Crippen LogP contribution is -2.53. The fourth-order valence-electron chi connectivity index (χ4n) is 7.04. The lowest BCUT2D eigenvalue weighted by Gasteiger charge is -2.39. The Kier molecular flexibility index (Phi) is 8.38. The third-order valence-electron chi connectivity index (χ3n) is 9.17. The van der Waals surface area contributed by atoms with Crippen LogP contribution >= 0.6 is 23.2 Å². The van der Waals surface area contributed by atoms with Gasteiger partial charge in [0, 0.05) is 58.0 Å². The van der Waals surface area contributed by atoms with E-state index in [1.807, 2.05) is 24.3 Å². The maximum Gasteiger partial charge on any atom is 0.338 e. The number of hydrogen-bond acceptors (Lipinski definition) is 8. The molecule has 1 saturated heterocycles. The fourth-order valence-corrected chi connectivity index (χ4v) is 7.41. The molecule has 1 amide bonds. The van der Waals surface area contributed by atoms with Crippen LogP contribution < -0.4 is 10.6 Å². The van der Waals surface area contributed by atoms with Gasteiger partial charge in [0.2, 0.25) is 5.91 Å². The minimum atomic E-state index is -1.22. The first-order chi connectivity index (χ1) is 21.2. The maximum atomic E-state index is 14.4. The molecule has 0 aromatic heterocycles. The number of nitro benzene ring substituents is 1. The molecule has 3 N–H and O–H groups in total. The Labute approximate surface area is 264 Å². The number of halogens is 2. The first-order valence-corrected chi connectivity index (χ1v) is 15.3. The summed E-state index contributed by atoms with van der Waals surface area (Å²) in [7, 11) is 1.21. The molecule has 12 heteroatoms. The molecule has 3 aliphatic rings. The van der Waals surface area contributed by atoms with Crippen molar-refractivity contribution in [2.75, 3.05) is 25.6 Å². The highest BCUT2D eigenvalue weighted by Gasteiger charge is 2.66. The lowest BCUT2D eigenvalue weighted by molar-refractivity contribution is -0.385. The van der Waals surface area contributed by atoms with Gasteiger partial charge in [-0.15, -0.1) is 0 Å². The second-order valence-corrected chi connectivity index (χ2v) is 12.5. The smallest absolute Gasteiger partial charge is 0.338 e. The number of rotatable bonds is 10. The second-order valence-electron chi connectivity index (χ2n) is 11.6. The lowest BCUT2D eigenvalue weighted by atomic mass is 9.73. The normalized spacial score (nSPS) is 24.4. The molecule has 3 aromatic carbocycles. The van der Waals surface area contributed by atoms with Crippen LogP contribution in [0, 0.1) is 16.0 Å². The Morgan fingerprint density at radius 3 is 2.61 bits per heavy atom. The average Bonchev–Trinajstić information content (AvgIpc) is 3.74. The molecule has 3 aromatic rings. The van der Waals surface area contributed by atoms with Gasteiger partial charge in [0.25, 0.3) is 5.69 Å². The van der Waals surface area contributed by atoms with Crippen LogP contribution in [0.2, 0.25) is 10.0 Å². The number of carbonyl (C=O) groups is 2. The van der Waals surface area contributed by atoms with Crippen LogP contribution in [0.25, 0.3) is 0 Å². The molecule has 6 rings (SSSR count). The molecule has 44 heavy (non-hydrogen) atoms. The van der Waals surface area contributed by atoms with Crippen LogP contribution in [0.4, 0.5) is 11.4 Å². The molecule has 1 saturated carbocycles. The van der Waals surface area contributed by atoms with Gasteiger partial charge in [-0.1, -0.05) is 60.3 Å². The van der Waals surface area contributed by atoms with Crippen LogP contribution in [0.1, 0.15) is 52.2 Å². The molecule has 2 aliphatic heterocycles. The number of nitrogens with zero attached hydrogens (tertiary/aromatic N) is 2. The highest BCUT2D eigenvalue weighted by Crippen LogP contribution is 2.57. The maximum absolute atomic E-state index is 14.4. The van der Waals surface area contributed by atoms with Gasteiger partial charge < -0.3 is 20.5 Å². The third-order valence-corrected chi connectivity index (χ3v) is 9.64.